The molecule has 0 saturated heterocycles. The van der Waals surface area contributed by atoms with Gasteiger partial charge in [-0.25, -0.2) is 0 Å². The topological polar surface area (TPSA) is 39.7 Å². The van der Waals surface area contributed by atoms with Crippen molar-refractivity contribution < 1.29 is 0 Å². The highest BCUT2D eigenvalue weighted by molar-refractivity contribution is 14.0. The predicted octanol–water partition coefficient (Wildman–Crippen LogP) is 3.82. The number of hydrogen-bond acceptors (Lipinski definition) is 3. The van der Waals surface area contributed by atoms with E-state index in [4.69, 9.17) is 0 Å². The zero-order valence-corrected chi connectivity index (χ0v) is 19.3. The summed E-state index contributed by atoms with van der Waals surface area (Å²) in [5, 5.41) is 6.80. The van der Waals surface area contributed by atoms with Crippen molar-refractivity contribution in [2.75, 3.05) is 39.2 Å². The zero-order chi connectivity index (χ0) is 17.6. The predicted molar refractivity (Wildman–Crippen MR) is 124 cm³/mol. The summed E-state index contributed by atoms with van der Waals surface area (Å²) in [6.45, 7) is 5.20. The number of benzene rings is 1. The Kier molecular flexibility index (Phi) is 15.5. The average Bonchev–Trinajstić information content (AvgIpc) is 2.60. The maximum Gasteiger partial charge on any atom is 0.190 e. The largest absolute Gasteiger partial charge is 0.356 e. The fourth-order valence-electron chi connectivity index (χ4n) is 2.45. The number of thioether (sulfide) groups is 1. The molecule has 0 aromatic heterocycles. The minimum absolute atomic E-state index is 0. The molecule has 4 nitrogen and oxygen atoms in total. The number of rotatable bonds is 11. The van der Waals surface area contributed by atoms with Crippen molar-refractivity contribution in [3.8, 4) is 0 Å². The molecule has 0 fully saturated rings. The lowest BCUT2D eigenvalue weighted by molar-refractivity contribution is 0.238. The first-order chi connectivity index (χ1) is 11.7. The number of halogens is 1. The molecule has 0 aliphatic carbocycles. The third-order valence-electron chi connectivity index (χ3n) is 4.17. The van der Waals surface area contributed by atoms with Crippen LogP contribution in [0.4, 0.5) is 0 Å². The second-order valence-corrected chi connectivity index (χ2v) is 7.15. The lowest BCUT2D eigenvalue weighted by Crippen LogP contribution is -2.40. The van der Waals surface area contributed by atoms with Crippen molar-refractivity contribution in [1.29, 1.82) is 0 Å². The van der Waals surface area contributed by atoms with Gasteiger partial charge in [0.15, 0.2) is 5.96 Å². The van der Waals surface area contributed by atoms with Crippen LogP contribution in [-0.2, 0) is 6.54 Å². The third-order valence-corrected chi connectivity index (χ3v) is 4.87. The van der Waals surface area contributed by atoms with Gasteiger partial charge in [0, 0.05) is 32.7 Å². The molecule has 0 aliphatic heterocycles. The van der Waals surface area contributed by atoms with Crippen molar-refractivity contribution in [1.82, 2.24) is 15.5 Å². The molecule has 1 unspecified atom stereocenters. The van der Waals surface area contributed by atoms with E-state index in [0.29, 0.717) is 6.04 Å². The molecular formula is C19H35IN4S. The summed E-state index contributed by atoms with van der Waals surface area (Å²) in [6.07, 6.45) is 5.70. The lowest BCUT2D eigenvalue weighted by atomic mass is 10.1. The summed E-state index contributed by atoms with van der Waals surface area (Å²) >= 11 is 1.91. The smallest absolute Gasteiger partial charge is 0.190 e. The summed E-state index contributed by atoms with van der Waals surface area (Å²) in [5.74, 6) is 2.15. The number of guanidine groups is 1. The van der Waals surface area contributed by atoms with Gasteiger partial charge in [-0.15, -0.1) is 24.0 Å². The monoisotopic (exact) mass is 478 g/mol. The Balaban J connectivity index is 0.00000576. The number of nitrogens with one attached hydrogen (secondary N) is 2. The van der Waals surface area contributed by atoms with E-state index in [-0.39, 0.29) is 24.0 Å². The normalized spacial score (nSPS) is 12.6. The van der Waals surface area contributed by atoms with E-state index in [2.05, 4.69) is 71.1 Å². The van der Waals surface area contributed by atoms with Crippen molar-refractivity contribution in [2.45, 2.75) is 38.8 Å². The van der Waals surface area contributed by atoms with Gasteiger partial charge in [0.1, 0.15) is 0 Å². The molecule has 0 spiro atoms. The molecule has 2 N–H and O–H groups in total. The van der Waals surface area contributed by atoms with E-state index < -0.39 is 0 Å². The Morgan fingerprint density at radius 3 is 2.48 bits per heavy atom. The van der Waals surface area contributed by atoms with Crippen molar-refractivity contribution in [2.24, 2.45) is 4.99 Å². The van der Waals surface area contributed by atoms with Crippen LogP contribution in [0.25, 0.3) is 0 Å². The summed E-state index contributed by atoms with van der Waals surface area (Å²) in [6, 6.07) is 11.2. The van der Waals surface area contributed by atoms with Crippen LogP contribution in [0.3, 0.4) is 0 Å². The van der Waals surface area contributed by atoms with Gasteiger partial charge in [0.05, 0.1) is 0 Å². The van der Waals surface area contributed by atoms with Crippen LogP contribution >= 0.6 is 35.7 Å². The molecule has 0 saturated carbocycles. The zero-order valence-electron chi connectivity index (χ0n) is 16.1. The summed E-state index contributed by atoms with van der Waals surface area (Å²) < 4.78 is 0. The van der Waals surface area contributed by atoms with Gasteiger partial charge in [0.25, 0.3) is 0 Å². The first-order valence-corrected chi connectivity index (χ1v) is 10.2. The van der Waals surface area contributed by atoms with Crippen LogP contribution in [0.1, 0.15) is 31.7 Å². The van der Waals surface area contributed by atoms with Gasteiger partial charge < -0.3 is 10.6 Å². The summed E-state index contributed by atoms with van der Waals surface area (Å²) in [7, 11) is 4.03. The molecule has 1 aromatic carbocycles. The third kappa shape index (κ3) is 11.7. The Morgan fingerprint density at radius 1 is 1.16 bits per heavy atom. The lowest BCUT2D eigenvalue weighted by Gasteiger charge is -2.25. The van der Waals surface area contributed by atoms with Crippen LogP contribution in [0, 0.1) is 0 Å². The van der Waals surface area contributed by atoms with Crippen molar-refractivity contribution in [3.63, 3.8) is 0 Å². The highest BCUT2D eigenvalue weighted by Gasteiger charge is 2.09. The van der Waals surface area contributed by atoms with E-state index >= 15 is 0 Å². The molecule has 0 amide bonds. The Morgan fingerprint density at radius 2 is 1.84 bits per heavy atom. The van der Waals surface area contributed by atoms with E-state index in [1.54, 1.807) is 0 Å². The SMILES string of the molecule is CN=C(NCCCCSC)NCCC(C)N(C)Cc1ccccc1.I. The Bertz CT molecular complexity index is 456. The maximum atomic E-state index is 4.29. The number of hydrogen-bond donors (Lipinski definition) is 2. The maximum absolute atomic E-state index is 4.29. The number of aliphatic imine (C=N–C) groups is 1. The molecule has 1 aromatic rings. The van der Waals surface area contributed by atoms with E-state index in [1.165, 1.54) is 24.2 Å². The summed E-state index contributed by atoms with van der Waals surface area (Å²) in [5.41, 5.74) is 1.36. The molecule has 144 valence electrons. The fraction of sp³-hybridized carbons (Fsp3) is 0.632. The van der Waals surface area contributed by atoms with Gasteiger partial charge in [0.2, 0.25) is 0 Å². The van der Waals surface area contributed by atoms with Crippen LogP contribution in [0.15, 0.2) is 35.3 Å². The van der Waals surface area contributed by atoms with E-state index in [9.17, 15) is 0 Å². The molecule has 0 aliphatic rings. The molecule has 6 heteroatoms. The highest BCUT2D eigenvalue weighted by atomic mass is 127. The van der Waals surface area contributed by atoms with E-state index in [1.807, 2.05) is 18.8 Å². The van der Waals surface area contributed by atoms with Gasteiger partial charge in [-0.05, 0) is 50.8 Å². The van der Waals surface area contributed by atoms with Crippen LogP contribution in [0.5, 0.6) is 0 Å². The Labute approximate surface area is 175 Å². The van der Waals surface area contributed by atoms with Gasteiger partial charge >= 0.3 is 0 Å². The quantitative estimate of drug-likeness (QED) is 0.220. The molecule has 0 heterocycles. The Hall–Kier alpha value is -0.470. The van der Waals surface area contributed by atoms with E-state index in [0.717, 1.165) is 32.0 Å². The number of nitrogens with zero attached hydrogens (tertiary/aromatic N) is 2. The van der Waals surface area contributed by atoms with Gasteiger partial charge in [-0.1, -0.05) is 30.3 Å². The van der Waals surface area contributed by atoms with Crippen LogP contribution in [-0.4, -0.2) is 56.1 Å². The standard InChI is InChI=1S/C19H34N4S.HI/c1-17(23(3)16-18-10-6-5-7-11-18)12-14-22-19(20-2)21-13-8-9-15-24-4;/h5-7,10-11,17H,8-9,12-16H2,1-4H3,(H2,20,21,22);1H. The molecular weight excluding hydrogens is 443 g/mol. The highest BCUT2D eigenvalue weighted by Crippen LogP contribution is 2.07. The minimum Gasteiger partial charge on any atom is -0.356 e. The molecule has 0 radical (unpaired) electrons. The fourth-order valence-corrected chi connectivity index (χ4v) is 2.94. The van der Waals surface area contributed by atoms with Crippen LogP contribution in [0.2, 0.25) is 0 Å². The van der Waals surface area contributed by atoms with Gasteiger partial charge in [-0.3, -0.25) is 9.89 Å². The number of unbranched alkanes of at least 4 members (excludes halogenated alkanes) is 1. The molecule has 25 heavy (non-hydrogen) atoms. The van der Waals surface area contributed by atoms with Gasteiger partial charge in [-0.2, -0.15) is 11.8 Å². The molecule has 1 rings (SSSR count). The van der Waals surface area contributed by atoms with Crippen molar-refractivity contribution >= 4 is 41.7 Å². The summed E-state index contributed by atoms with van der Waals surface area (Å²) in [4.78, 5) is 6.69. The second kappa shape index (κ2) is 15.8. The first-order valence-electron chi connectivity index (χ1n) is 8.85. The molecule has 1 atom stereocenters. The van der Waals surface area contributed by atoms with Crippen molar-refractivity contribution in [3.05, 3.63) is 35.9 Å². The minimum atomic E-state index is 0. The second-order valence-electron chi connectivity index (χ2n) is 6.16. The molecule has 0 bridgehead atoms. The first kappa shape index (κ1) is 24.5. The van der Waals surface area contributed by atoms with Crippen LogP contribution < -0.4 is 10.6 Å². The average molecular weight is 478 g/mol.